The van der Waals surface area contributed by atoms with Crippen LogP contribution in [0.15, 0.2) is 90.0 Å². The number of benzene rings is 3. The molecule has 7 amide bonds. The number of rotatable bonds is 36. The molecule has 0 aliphatic rings. The molecular weight excluding hydrogens is 961 g/mol. The number of unbranched alkanes of at least 4 members (excludes halogenated alkanes) is 3. The molecule has 0 spiro atoms. The molecule has 0 fully saturated rings. The summed E-state index contributed by atoms with van der Waals surface area (Å²) in [5, 5.41) is 46.8. The number of urea groups is 1. The Morgan fingerprint density at radius 2 is 1.16 bits per heavy atom. The molecule has 0 bridgehead atoms. The lowest BCUT2D eigenvalue weighted by Crippen LogP contribution is -2.55. The van der Waals surface area contributed by atoms with Crippen LogP contribution >= 0.6 is 0 Å². The van der Waals surface area contributed by atoms with Crippen molar-refractivity contribution >= 4 is 53.5 Å². The van der Waals surface area contributed by atoms with Crippen LogP contribution in [-0.4, -0.2) is 131 Å². The van der Waals surface area contributed by atoms with Crippen molar-refractivity contribution in [2.45, 2.75) is 121 Å². The van der Waals surface area contributed by atoms with Gasteiger partial charge in [0.1, 0.15) is 29.9 Å². The summed E-state index contributed by atoms with van der Waals surface area (Å²) in [4.78, 5) is 118. The van der Waals surface area contributed by atoms with Gasteiger partial charge in [-0.15, -0.1) is 0 Å². The highest BCUT2D eigenvalue weighted by molar-refractivity contribution is 5.93. The molecule has 0 radical (unpaired) electrons. The van der Waals surface area contributed by atoms with Gasteiger partial charge in [-0.25, -0.2) is 14.4 Å². The van der Waals surface area contributed by atoms with Crippen LogP contribution in [0.3, 0.4) is 0 Å². The molecule has 0 aromatic heterocycles. The normalized spacial score (nSPS) is 12.2. The van der Waals surface area contributed by atoms with E-state index in [0.29, 0.717) is 37.9 Å². The predicted octanol–water partition coefficient (Wildman–Crippen LogP) is 3.99. The molecule has 3 aromatic carbocycles. The van der Waals surface area contributed by atoms with E-state index in [0.717, 1.165) is 16.7 Å². The monoisotopic (exact) mass is 1030 g/mol. The van der Waals surface area contributed by atoms with Crippen molar-refractivity contribution in [3.8, 4) is 5.75 Å². The third kappa shape index (κ3) is 24.8. The lowest BCUT2D eigenvalue weighted by atomic mass is 10.0. The summed E-state index contributed by atoms with van der Waals surface area (Å²) in [6.45, 7) is 1.21. The van der Waals surface area contributed by atoms with E-state index in [9.17, 15) is 53.4 Å². The van der Waals surface area contributed by atoms with Crippen molar-refractivity contribution in [2.75, 3.05) is 33.3 Å². The Balaban J connectivity index is 1.50. The zero-order chi connectivity index (χ0) is 54.1. The van der Waals surface area contributed by atoms with Gasteiger partial charge in [0.2, 0.25) is 29.5 Å². The number of aliphatic carboxylic acids is 3. The van der Waals surface area contributed by atoms with E-state index in [4.69, 9.17) is 15.4 Å². The summed E-state index contributed by atoms with van der Waals surface area (Å²) in [5.41, 5.74) is 10.9. The topological polar surface area (TPSA) is 348 Å². The van der Waals surface area contributed by atoms with E-state index in [1.807, 2.05) is 48.5 Å². The highest BCUT2D eigenvalue weighted by atomic mass is 16.5. The molecule has 3 aromatic rings. The second-order valence-electron chi connectivity index (χ2n) is 17.3. The largest absolute Gasteiger partial charge is 0.497 e. The van der Waals surface area contributed by atoms with Crippen molar-refractivity contribution in [3.63, 3.8) is 0 Å². The molecule has 23 nitrogen and oxygen atoms in total. The smallest absolute Gasteiger partial charge is 0.326 e. The summed E-state index contributed by atoms with van der Waals surface area (Å²) in [7, 11) is 1.53. The Kier molecular flexibility index (Phi) is 27.8. The predicted molar refractivity (Wildman–Crippen MR) is 270 cm³/mol. The number of nitrogens with zero attached hydrogens (tertiary/aromatic N) is 4. The van der Waals surface area contributed by atoms with E-state index >= 15 is 0 Å². The van der Waals surface area contributed by atoms with Gasteiger partial charge in [0.05, 0.1) is 7.11 Å². The minimum Gasteiger partial charge on any atom is -0.497 e. The number of carboxylic acid groups (broad SMARTS) is 3. The summed E-state index contributed by atoms with van der Waals surface area (Å²) in [6, 6.07) is 19.2. The minimum absolute atomic E-state index is 0.0374. The van der Waals surface area contributed by atoms with Crippen molar-refractivity contribution < 1.29 is 63.2 Å². The zero-order valence-corrected chi connectivity index (χ0v) is 41.5. The molecule has 0 saturated heterocycles. The molecule has 9 N–H and O–H groups in total. The maximum absolute atomic E-state index is 13.8. The third-order valence-corrected chi connectivity index (χ3v) is 11.5. The first-order chi connectivity index (χ1) is 35.6. The van der Waals surface area contributed by atoms with Gasteiger partial charge in [-0.05, 0) is 79.3 Å². The van der Waals surface area contributed by atoms with E-state index in [1.54, 1.807) is 41.3 Å². The molecule has 0 saturated carbocycles. The lowest BCUT2D eigenvalue weighted by molar-refractivity contribution is -0.141. The van der Waals surface area contributed by atoms with E-state index in [2.05, 4.69) is 41.9 Å². The van der Waals surface area contributed by atoms with E-state index in [1.165, 1.54) is 7.11 Å². The third-order valence-electron chi connectivity index (χ3n) is 11.5. The number of carbonyl (C=O) groups is 9. The average Bonchev–Trinajstić information content (AvgIpc) is 3.38. The molecule has 0 heterocycles. The molecule has 3 rings (SSSR count). The SMILES string of the molecule is COc1ccc(CN(CCCC[C@H](NC(=O)N[C@@H](CCC(=O)O)C(=O)O)C(=O)O)C(=O)CCCCCNC(=O)CCC(=O)N[C@@H](Cc2ccccc2)C(=O)N[C@@H](Cc2ccccc2)C(=O)NCCCN=[N+]=[N-])cc1. The fourth-order valence-corrected chi connectivity index (χ4v) is 7.50. The van der Waals surface area contributed by atoms with Crippen LogP contribution < -0.4 is 36.6 Å². The van der Waals surface area contributed by atoms with Gasteiger partial charge in [-0.3, -0.25) is 28.8 Å². The van der Waals surface area contributed by atoms with Gasteiger partial charge in [0.15, 0.2) is 0 Å². The quantitative estimate of drug-likeness (QED) is 0.0172. The second-order valence-corrected chi connectivity index (χ2v) is 17.3. The molecule has 23 heteroatoms. The van der Waals surface area contributed by atoms with Gasteiger partial charge >= 0.3 is 23.9 Å². The Bertz CT molecular complexity index is 2330. The summed E-state index contributed by atoms with van der Waals surface area (Å²) < 4.78 is 5.24. The molecule has 0 aliphatic heterocycles. The van der Waals surface area contributed by atoms with Gasteiger partial charge in [0, 0.05) is 76.2 Å². The van der Waals surface area contributed by atoms with Crippen molar-refractivity contribution in [2.24, 2.45) is 5.11 Å². The number of ether oxygens (including phenoxy) is 1. The van der Waals surface area contributed by atoms with Gasteiger partial charge in [-0.1, -0.05) is 84.3 Å². The molecule has 0 unspecified atom stereocenters. The maximum Gasteiger partial charge on any atom is 0.326 e. The van der Waals surface area contributed by atoms with Crippen LogP contribution in [0, 0.1) is 0 Å². The number of hydrogen-bond donors (Lipinski definition) is 9. The van der Waals surface area contributed by atoms with Crippen LogP contribution in [0.1, 0.15) is 93.7 Å². The standard InChI is InChI=1S/C51H68N10O13/c1-74-38-22-20-37(21-23-38)34-61(31-12-10-18-39(49(69)70)58-51(73)59-40(50(71)72)24-27-46(65)66)45(64)19-9-4-11-28-53-43(62)25-26-44(63)56-42(33-36-16-7-3-8-17-36)48(68)57-41(32-35-14-5-2-6-15-35)47(67)54-29-13-30-55-60-52/h2-3,5-8,14-17,20-23,39-42H,4,9-13,18-19,24-34H2,1H3,(H,53,62)(H,54,67)(H,56,63)(H,57,68)(H,65,66)(H,69,70)(H,71,72)(H2,58,59,73)/t39-,40-,41-,42-/m0/s1. The van der Waals surface area contributed by atoms with Crippen molar-refractivity contribution in [1.29, 1.82) is 0 Å². The van der Waals surface area contributed by atoms with Crippen LogP contribution in [0.4, 0.5) is 4.79 Å². The minimum atomic E-state index is -1.54. The summed E-state index contributed by atoms with van der Waals surface area (Å²) >= 11 is 0. The number of amides is 7. The number of carbonyl (C=O) groups excluding carboxylic acids is 6. The number of azide groups is 1. The number of methoxy groups -OCH3 is 1. The first kappa shape index (κ1) is 60.1. The van der Waals surface area contributed by atoms with Crippen molar-refractivity contribution in [1.82, 2.24) is 36.8 Å². The molecule has 74 heavy (non-hydrogen) atoms. The van der Waals surface area contributed by atoms with Crippen molar-refractivity contribution in [3.05, 3.63) is 112 Å². The Hall–Kier alpha value is -8.20. The fraction of sp³-hybridized carbons (Fsp3) is 0.471. The van der Waals surface area contributed by atoms with Crippen LogP contribution in [0.5, 0.6) is 5.75 Å². The Morgan fingerprint density at radius 3 is 1.74 bits per heavy atom. The summed E-state index contributed by atoms with van der Waals surface area (Å²) in [6.07, 6.45) is 1.81. The Morgan fingerprint density at radius 1 is 0.581 bits per heavy atom. The fourth-order valence-electron chi connectivity index (χ4n) is 7.50. The van der Waals surface area contributed by atoms with Gasteiger partial charge in [-0.2, -0.15) is 0 Å². The van der Waals surface area contributed by atoms with E-state index in [-0.39, 0.29) is 89.5 Å². The first-order valence-electron chi connectivity index (χ1n) is 24.5. The zero-order valence-electron chi connectivity index (χ0n) is 41.5. The lowest BCUT2D eigenvalue weighted by Gasteiger charge is -2.24. The second kappa shape index (κ2) is 34.2. The number of carboxylic acids is 3. The molecule has 0 aliphatic carbocycles. The maximum atomic E-state index is 13.8. The van der Waals surface area contributed by atoms with Crippen LogP contribution in [-0.2, 0) is 57.7 Å². The van der Waals surface area contributed by atoms with Crippen LogP contribution in [0.2, 0.25) is 0 Å². The Labute approximate surface area is 429 Å². The molecule has 4 atom stereocenters. The van der Waals surface area contributed by atoms with Gasteiger partial charge < -0.3 is 56.9 Å². The van der Waals surface area contributed by atoms with Crippen LogP contribution in [0.25, 0.3) is 10.4 Å². The van der Waals surface area contributed by atoms with Gasteiger partial charge in [0.25, 0.3) is 0 Å². The van der Waals surface area contributed by atoms with E-state index < -0.39 is 78.7 Å². The molecular formula is C51H68N10O13. The number of nitrogens with one attached hydrogen (secondary N) is 6. The highest BCUT2D eigenvalue weighted by Gasteiger charge is 2.28. The first-order valence-corrected chi connectivity index (χ1v) is 24.5. The molecule has 400 valence electrons. The summed E-state index contributed by atoms with van der Waals surface area (Å²) in [5.74, 6) is -5.57. The highest BCUT2D eigenvalue weighted by Crippen LogP contribution is 2.16. The number of hydrogen-bond acceptors (Lipinski definition) is 11. The average molecular weight is 1030 g/mol.